The fraction of sp³-hybridized carbons (Fsp3) is 0.200. The number of fused-ring (bicyclic) bond motifs is 1. The minimum absolute atomic E-state index is 0.0770. The van der Waals surface area contributed by atoms with Crippen molar-refractivity contribution in [3.05, 3.63) is 69.7 Å². The zero-order valence-corrected chi connectivity index (χ0v) is 16.6. The summed E-state index contributed by atoms with van der Waals surface area (Å²) in [5.74, 6) is -1.94. The lowest BCUT2D eigenvalue weighted by Gasteiger charge is -2.18. The first kappa shape index (κ1) is 19.8. The van der Waals surface area contributed by atoms with E-state index in [-0.39, 0.29) is 13.0 Å². The molecule has 3 rings (SSSR count). The van der Waals surface area contributed by atoms with Crippen molar-refractivity contribution >= 4 is 39.6 Å². The van der Waals surface area contributed by atoms with Crippen LogP contribution in [0, 0.1) is 0 Å². The van der Waals surface area contributed by atoms with E-state index in [1.165, 1.54) is 7.11 Å². The van der Waals surface area contributed by atoms with Crippen LogP contribution >= 0.6 is 15.9 Å². The highest BCUT2D eigenvalue weighted by molar-refractivity contribution is 9.10. The van der Waals surface area contributed by atoms with Crippen molar-refractivity contribution in [2.24, 2.45) is 0 Å². The van der Waals surface area contributed by atoms with Gasteiger partial charge in [0.15, 0.2) is 6.04 Å². The molecule has 0 saturated carbocycles. The van der Waals surface area contributed by atoms with Crippen LogP contribution in [0.2, 0.25) is 0 Å². The average molecular weight is 445 g/mol. The Kier molecular flexibility index (Phi) is 5.89. The van der Waals surface area contributed by atoms with E-state index in [1.807, 2.05) is 0 Å². The van der Waals surface area contributed by atoms with Crippen LogP contribution < -0.4 is 5.32 Å². The first-order valence-corrected chi connectivity index (χ1v) is 9.29. The van der Waals surface area contributed by atoms with Gasteiger partial charge in [-0.1, -0.05) is 40.2 Å². The van der Waals surface area contributed by atoms with Gasteiger partial charge in [-0.25, -0.2) is 4.79 Å². The summed E-state index contributed by atoms with van der Waals surface area (Å²) in [6.07, 6.45) is -0.129. The van der Waals surface area contributed by atoms with Crippen molar-refractivity contribution in [3.63, 3.8) is 0 Å². The number of hydrogen-bond donors (Lipinski definition) is 1. The minimum Gasteiger partial charge on any atom is -0.467 e. The number of nitrogens with one attached hydrogen (secondary N) is 1. The molecule has 0 fully saturated rings. The quantitative estimate of drug-likeness (QED) is 0.545. The molecule has 7 nitrogen and oxygen atoms in total. The molecule has 1 aliphatic rings. The third-order valence-corrected chi connectivity index (χ3v) is 4.91. The van der Waals surface area contributed by atoms with E-state index in [0.717, 1.165) is 9.37 Å². The molecule has 8 heteroatoms. The Morgan fingerprint density at radius 3 is 2.14 bits per heavy atom. The van der Waals surface area contributed by atoms with E-state index in [0.29, 0.717) is 16.7 Å². The Morgan fingerprint density at radius 1 is 1.04 bits per heavy atom. The summed E-state index contributed by atoms with van der Waals surface area (Å²) in [5.41, 5.74) is 1.22. The second-order valence-corrected chi connectivity index (χ2v) is 7.05. The van der Waals surface area contributed by atoms with E-state index < -0.39 is 29.7 Å². The lowest BCUT2D eigenvalue weighted by atomic mass is 10.1. The third kappa shape index (κ3) is 3.96. The molecule has 0 aliphatic carbocycles. The fourth-order valence-corrected chi connectivity index (χ4v) is 3.20. The molecule has 1 aliphatic heterocycles. The SMILES string of the molecule is COC(=O)C(NC(=O)CCN1C(=O)c2ccccc2C1=O)c1ccc(Br)cc1. The molecule has 0 saturated heterocycles. The molecule has 0 aromatic heterocycles. The summed E-state index contributed by atoms with van der Waals surface area (Å²) < 4.78 is 5.60. The minimum atomic E-state index is -0.979. The number of halogens is 1. The van der Waals surface area contributed by atoms with Gasteiger partial charge in [-0.15, -0.1) is 0 Å². The van der Waals surface area contributed by atoms with Crippen LogP contribution in [0.3, 0.4) is 0 Å². The van der Waals surface area contributed by atoms with Gasteiger partial charge in [0, 0.05) is 17.4 Å². The van der Waals surface area contributed by atoms with Crippen molar-refractivity contribution < 1.29 is 23.9 Å². The number of carbonyl (C=O) groups excluding carboxylic acids is 4. The van der Waals surface area contributed by atoms with Gasteiger partial charge in [0.05, 0.1) is 18.2 Å². The lowest BCUT2D eigenvalue weighted by molar-refractivity contribution is -0.145. The van der Waals surface area contributed by atoms with Gasteiger partial charge in [-0.2, -0.15) is 0 Å². The van der Waals surface area contributed by atoms with Crippen molar-refractivity contribution in [1.29, 1.82) is 0 Å². The molecule has 0 radical (unpaired) electrons. The maximum absolute atomic E-state index is 12.4. The predicted molar refractivity (Wildman–Crippen MR) is 103 cm³/mol. The topological polar surface area (TPSA) is 92.8 Å². The van der Waals surface area contributed by atoms with Gasteiger partial charge in [-0.05, 0) is 29.8 Å². The summed E-state index contributed by atoms with van der Waals surface area (Å²) in [4.78, 5) is 50.2. The standard InChI is InChI=1S/C20H17BrN2O5/c1-28-20(27)17(12-6-8-13(21)9-7-12)22-16(24)10-11-23-18(25)14-4-2-3-5-15(14)19(23)26/h2-9,17H,10-11H2,1H3,(H,22,24). The molecule has 1 heterocycles. The molecule has 1 atom stereocenters. The Balaban J connectivity index is 1.66. The maximum Gasteiger partial charge on any atom is 0.333 e. The summed E-state index contributed by atoms with van der Waals surface area (Å²) in [6, 6.07) is 12.4. The van der Waals surface area contributed by atoms with Crippen LogP contribution in [0.15, 0.2) is 53.0 Å². The number of rotatable bonds is 6. The van der Waals surface area contributed by atoms with E-state index >= 15 is 0 Å². The normalized spacial score (nSPS) is 13.9. The second-order valence-electron chi connectivity index (χ2n) is 6.13. The first-order chi connectivity index (χ1) is 13.4. The van der Waals surface area contributed by atoms with E-state index in [4.69, 9.17) is 4.74 Å². The molecule has 2 aromatic rings. The lowest BCUT2D eigenvalue weighted by Crippen LogP contribution is -2.38. The number of hydrogen-bond acceptors (Lipinski definition) is 5. The van der Waals surface area contributed by atoms with Crippen molar-refractivity contribution in [3.8, 4) is 0 Å². The second kappa shape index (κ2) is 8.35. The highest BCUT2D eigenvalue weighted by Gasteiger charge is 2.35. The largest absolute Gasteiger partial charge is 0.467 e. The van der Waals surface area contributed by atoms with Gasteiger partial charge in [0.1, 0.15) is 0 Å². The fourth-order valence-electron chi connectivity index (χ4n) is 2.94. The Bertz CT molecular complexity index is 907. The molecule has 3 amide bonds. The molecule has 1 unspecified atom stereocenters. The molecule has 1 N–H and O–H groups in total. The van der Waals surface area contributed by atoms with Crippen LogP contribution in [0.25, 0.3) is 0 Å². The maximum atomic E-state index is 12.4. The van der Waals surface area contributed by atoms with Gasteiger partial charge in [0.25, 0.3) is 11.8 Å². The predicted octanol–water partition coefficient (Wildman–Crippen LogP) is 2.47. The number of methoxy groups -OCH3 is 1. The van der Waals surface area contributed by atoms with E-state index in [2.05, 4.69) is 21.2 Å². The molecule has 2 aromatic carbocycles. The number of ether oxygens (including phenoxy) is 1. The monoisotopic (exact) mass is 444 g/mol. The number of amides is 3. The zero-order valence-electron chi connectivity index (χ0n) is 15.0. The zero-order chi connectivity index (χ0) is 20.3. The van der Waals surface area contributed by atoms with Crippen LogP contribution in [-0.4, -0.2) is 42.2 Å². The smallest absolute Gasteiger partial charge is 0.333 e. The van der Waals surface area contributed by atoms with Crippen LogP contribution in [0.4, 0.5) is 0 Å². The van der Waals surface area contributed by atoms with Gasteiger partial charge in [-0.3, -0.25) is 19.3 Å². The summed E-state index contributed by atoms with van der Waals surface area (Å²) >= 11 is 3.31. The number of carbonyl (C=O) groups is 4. The molecule has 0 spiro atoms. The summed E-state index contributed by atoms with van der Waals surface area (Å²) in [6.45, 7) is -0.0770. The van der Waals surface area contributed by atoms with Crippen molar-refractivity contribution in [2.45, 2.75) is 12.5 Å². The average Bonchev–Trinajstić information content (AvgIpc) is 2.95. The highest BCUT2D eigenvalue weighted by atomic mass is 79.9. The summed E-state index contributed by atoms with van der Waals surface area (Å²) in [7, 11) is 1.24. The Labute approximate surface area is 169 Å². The van der Waals surface area contributed by atoms with Gasteiger partial charge in [0.2, 0.25) is 5.91 Å². The van der Waals surface area contributed by atoms with E-state index in [9.17, 15) is 19.2 Å². The number of esters is 1. The highest BCUT2D eigenvalue weighted by Crippen LogP contribution is 2.23. The van der Waals surface area contributed by atoms with Crippen molar-refractivity contribution in [1.82, 2.24) is 10.2 Å². The number of benzene rings is 2. The van der Waals surface area contributed by atoms with E-state index in [1.54, 1.807) is 48.5 Å². The Morgan fingerprint density at radius 2 is 1.61 bits per heavy atom. The van der Waals surface area contributed by atoms with Crippen LogP contribution in [0.1, 0.15) is 38.7 Å². The van der Waals surface area contributed by atoms with Crippen molar-refractivity contribution in [2.75, 3.05) is 13.7 Å². The molecular weight excluding hydrogens is 428 g/mol. The first-order valence-electron chi connectivity index (χ1n) is 8.50. The summed E-state index contributed by atoms with van der Waals surface area (Å²) in [5, 5.41) is 2.60. The Hall–Kier alpha value is -3.00. The molecular formula is C20H17BrN2O5. The molecule has 144 valence electrons. The van der Waals surface area contributed by atoms with Gasteiger partial charge >= 0.3 is 5.97 Å². The van der Waals surface area contributed by atoms with Crippen LogP contribution in [0.5, 0.6) is 0 Å². The van der Waals surface area contributed by atoms with Gasteiger partial charge < -0.3 is 10.1 Å². The van der Waals surface area contributed by atoms with Crippen LogP contribution in [-0.2, 0) is 14.3 Å². The number of imide groups is 1. The third-order valence-electron chi connectivity index (χ3n) is 4.39. The molecule has 28 heavy (non-hydrogen) atoms. The number of nitrogens with zero attached hydrogens (tertiary/aromatic N) is 1. The molecule has 0 bridgehead atoms.